The maximum absolute atomic E-state index is 11.8. The maximum Gasteiger partial charge on any atom is 0.253 e. The highest BCUT2D eigenvalue weighted by Gasteiger charge is 2.37. The fraction of sp³-hybridized carbons (Fsp3) is 0.417. The predicted octanol–water partition coefficient (Wildman–Crippen LogP) is 3.03. The molecule has 78 valence electrons. The van der Waals surface area contributed by atoms with Crippen LogP contribution in [0.25, 0.3) is 0 Å². The van der Waals surface area contributed by atoms with Crippen molar-refractivity contribution >= 4 is 21.8 Å². The molecule has 1 unspecified atom stereocenters. The third kappa shape index (κ3) is 1.33. The minimum atomic E-state index is 0.0781. The summed E-state index contributed by atoms with van der Waals surface area (Å²) in [6.07, 6.45) is 3.80. The molecule has 1 aliphatic carbocycles. The Morgan fingerprint density at radius 2 is 2.13 bits per heavy atom. The number of benzene rings is 1. The fourth-order valence-corrected chi connectivity index (χ4v) is 3.04. The van der Waals surface area contributed by atoms with E-state index in [-0.39, 0.29) is 11.9 Å². The highest BCUT2D eigenvalue weighted by molar-refractivity contribution is 9.10. The molecule has 0 saturated heterocycles. The summed E-state index contributed by atoms with van der Waals surface area (Å²) in [6, 6.07) is 6.27. The summed E-state index contributed by atoms with van der Waals surface area (Å²) in [5, 5.41) is 3.09. The molecule has 1 atom stereocenters. The zero-order valence-electron chi connectivity index (χ0n) is 8.29. The van der Waals surface area contributed by atoms with Crippen LogP contribution in [0, 0.1) is 5.92 Å². The normalized spacial score (nSPS) is 24.6. The predicted molar refractivity (Wildman–Crippen MR) is 61.7 cm³/mol. The first kappa shape index (κ1) is 9.40. The van der Waals surface area contributed by atoms with Gasteiger partial charge in [-0.25, -0.2) is 0 Å². The maximum atomic E-state index is 11.8. The molecule has 1 aromatic carbocycles. The quantitative estimate of drug-likeness (QED) is 0.831. The van der Waals surface area contributed by atoms with Gasteiger partial charge in [-0.05, 0) is 46.3 Å². The van der Waals surface area contributed by atoms with Crippen LogP contribution in [0.2, 0.25) is 0 Å². The number of nitrogens with one attached hydrogen (secondary N) is 1. The molecular weight excluding hydrogens is 254 g/mol. The largest absolute Gasteiger partial charge is 0.345 e. The van der Waals surface area contributed by atoms with Gasteiger partial charge in [0.1, 0.15) is 0 Å². The number of carbonyl (C=O) groups excluding carboxylic acids is 1. The smallest absolute Gasteiger partial charge is 0.253 e. The van der Waals surface area contributed by atoms with Gasteiger partial charge in [0.25, 0.3) is 5.91 Å². The first-order valence-corrected chi connectivity index (χ1v) is 6.16. The molecule has 1 aliphatic heterocycles. The Labute approximate surface area is 97.2 Å². The lowest BCUT2D eigenvalue weighted by Gasteiger charge is -2.31. The summed E-state index contributed by atoms with van der Waals surface area (Å²) in [5.41, 5.74) is 2.02. The summed E-state index contributed by atoms with van der Waals surface area (Å²) in [6.45, 7) is 0. The first-order chi connectivity index (χ1) is 7.27. The highest BCUT2D eigenvalue weighted by atomic mass is 79.9. The van der Waals surface area contributed by atoms with E-state index < -0.39 is 0 Å². The van der Waals surface area contributed by atoms with Crippen LogP contribution < -0.4 is 5.32 Å². The minimum absolute atomic E-state index is 0.0781. The molecule has 3 heteroatoms. The van der Waals surface area contributed by atoms with E-state index in [0.717, 1.165) is 10.0 Å². The zero-order chi connectivity index (χ0) is 10.4. The van der Waals surface area contributed by atoms with Crippen LogP contribution in [0.1, 0.15) is 41.2 Å². The van der Waals surface area contributed by atoms with E-state index in [0.29, 0.717) is 5.92 Å². The third-order valence-corrected chi connectivity index (χ3v) is 4.18. The van der Waals surface area contributed by atoms with E-state index >= 15 is 0 Å². The van der Waals surface area contributed by atoms with E-state index in [2.05, 4.69) is 27.3 Å². The molecule has 0 aromatic heterocycles. The second-order valence-corrected chi connectivity index (χ2v) is 5.20. The van der Waals surface area contributed by atoms with Crippen LogP contribution >= 0.6 is 15.9 Å². The second kappa shape index (κ2) is 3.34. The van der Waals surface area contributed by atoms with Crippen molar-refractivity contribution in [2.24, 2.45) is 5.92 Å². The molecule has 1 N–H and O–H groups in total. The van der Waals surface area contributed by atoms with Crippen LogP contribution in [0.15, 0.2) is 22.7 Å². The second-order valence-electron chi connectivity index (χ2n) is 4.35. The van der Waals surface area contributed by atoms with Gasteiger partial charge in [0.2, 0.25) is 0 Å². The summed E-state index contributed by atoms with van der Waals surface area (Å²) in [5.74, 6) is 0.735. The van der Waals surface area contributed by atoms with Crippen molar-refractivity contribution in [3.05, 3.63) is 33.8 Å². The molecular formula is C12H12BrNO. The van der Waals surface area contributed by atoms with E-state index in [4.69, 9.17) is 0 Å². The minimum Gasteiger partial charge on any atom is -0.345 e. The van der Waals surface area contributed by atoms with Crippen molar-refractivity contribution in [1.29, 1.82) is 0 Å². The molecule has 1 aromatic rings. The summed E-state index contributed by atoms with van der Waals surface area (Å²) >= 11 is 3.44. The van der Waals surface area contributed by atoms with Gasteiger partial charge in [-0.15, -0.1) is 0 Å². The molecule has 2 aliphatic rings. The number of halogens is 1. The molecule has 1 heterocycles. The number of carbonyl (C=O) groups is 1. The Bertz CT molecular complexity index is 426. The van der Waals surface area contributed by atoms with Crippen molar-refractivity contribution in [2.75, 3.05) is 0 Å². The number of rotatable bonds is 1. The fourth-order valence-electron chi connectivity index (χ4n) is 2.48. The molecule has 0 bridgehead atoms. The molecule has 1 saturated carbocycles. The molecule has 2 nitrogen and oxygen atoms in total. The van der Waals surface area contributed by atoms with Crippen molar-refractivity contribution in [3.8, 4) is 0 Å². The van der Waals surface area contributed by atoms with Crippen molar-refractivity contribution in [2.45, 2.75) is 25.3 Å². The van der Waals surface area contributed by atoms with Gasteiger partial charge >= 0.3 is 0 Å². The Morgan fingerprint density at radius 1 is 1.33 bits per heavy atom. The van der Waals surface area contributed by atoms with E-state index in [1.165, 1.54) is 24.8 Å². The van der Waals surface area contributed by atoms with Gasteiger partial charge in [0, 0.05) is 4.47 Å². The Kier molecular flexibility index (Phi) is 2.09. The van der Waals surface area contributed by atoms with E-state index in [1.54, 1.807) is 0 Å². The first-order valence-electron chi connectivity index (χ1n) is 5.36. The molecule has 0 radical (unpaired) electrons. The van der Waals surface area contributed by atoms with Gasteiger partial charge in [-0.3, -0.25) is 4.79 Å². The summed E-state index contributed by atoms with van der Waals surface area (Å²) in [7, 11) is 0. The van der Waals surface area contributed by atoms with Crippen LogP contribution in [-0.4, -0.2) is 5.91 Å². The SMILES string of the molecule is O=C1NC(C2CCC2)c2cccc(Br)c21. The average Bonchev–Trinajstić information content (AvgIpc) is 2.43. The van der Waals surface area contributed by atoms with Gasteiger partial charge < -0.3 is 5.32 Å². The lowest BCUT2D eigenvalue weighted by atomic mass is 9.77. The van der Waals surface area contributed by atoms with Crippen LogP contribution in [0.3, 0.4) is 0 Å². The lowest BCUT2D eigenvalue weighted by Crippen LogP contribution is -2.29. The van der Waals surface area contributed by atoms with Crippen molar-refractivity contribution in [3.63, 3.8) is 0 Å². The Morgan fingerprint density at radius 3 is 2.80 bits per heavy atom. The number of hydrogen-bond donors (Lipinski definition) is 1. The standard InChI is InChI=1S/C12H12BrNO/c13-9-6-2-5-8-10(9)12(15)14-11(8)7-3-1-4-7/h2,5-7,11H,1,3-4H2,(H,14,15). The number of hydrogen-bond acceptors (Lipinski definition) is 1. The summed E-state index contributed by atoms with van der Waals surface area (Å²) < 4.78 is 0.916. The van der Waals surface area contributed by atoms with Gasteiger partial charge in [0.15, 0.2) is 0 Å². The van der Waals surface area contributed by atoms with Crippen LogP contribution in [-0.2, 0) is 0 Å². The van der Waals surface area contributed by atoms with E-state index in [1.807, 2.05) is 12.1 Å². The monoisotopic (exact) mass is 265 g/mol. The molecule has 1 fully saturated rings. The third-order valence-electron chi connectivity index (χ3n) is 3.52. The highest BCUT2D eigenvalue weighted by Crippen LogP contribution is 2.42. The Hall–Kier alpha value is -0.830. The van der Waals surface area contributed by atoms with Gasteiger partial charge in [-0.1, -0.05) is 18.6 Å². The Balaban J connectivity index is 2.05. The molecule has 0 spiro atoms. The molecule has 1 amide bonds. The number of fused-ring (bicyclic) bond motifs is 1. The topological polar surface area (TPSA) is 29.1 Å². The van der Waals surface area contributed by atoms with Crippen LogP contribution in [0.4, 0.5) is 0 Å². The van der Waals surface area contributed by atoms with Gasteiger partial charge in [0.05, 0.1) is 11.6 Å². The van der Waals surface area contributed by atoms with Crippen molar-refractivity contribution < 1.29 is 4.79 Å². The van der Waals surface area contributed by atoms with Crippen molar-refractivity contribution in [1.82, 2.24) is 5.32 Å². The van der Waals surface area contributed by atoms with Crippen LogP contribution in [0.5, 0.6) is 0 Å². The van der Waals surface area contributed by atoms with Gasteiger partial charge in [-0.2, -0.15) is 0 Å². The zero-order valence-corrected chi connectivity index (χ0v) is 9.88. The summed E-state index contributed by atoms with van der Waals surface area (Å²) in [4.78, 5) is 11.8. The number of amides is 1. The van der Waals surface area contributed by atoms with E-state index in [9.17, 15) is 4.79 Å². The average molecular weight is 266 g/mol. The molecule has 15 heavy (non-hydrogen) atoms. The molecule has 3 rings (SSSR count). The lowest BCUT2D eigenvalue weighted by molar-refractivity contribution is 0.0931.